The Morgan fingerprint density at radius 1 is 1.50 bits per heavy atom. The molecule has 1 aromatic carbocycles. The first kappa shape index (κ1) is 14.1. The molecule has 0 aliphatic rings. The van der Waals surface area contributed by atoms with E-state index in [4.69, 9.17) is 5.26 Å². The third-order valence-corrected chi connectivity index (χ3v) is 3.35. The van der Waals surface area contributed by atoms with Gasteiger partial charge in [0.2, 0.25) is 11.1 Å². The zero-order valence-electron chi connectivity index (χ0n) is 10.9. The molecule has 1 aromatic heterocycles. The molecule has 2 N–H and O–H groups in total. The molecule has 20 heavy (non-hydrogen) atoms. The topological polar surface area (TPSA) is 94.5 Å². The Labute approximate surface area is 120 Å². The molecule has 2 rings (SSSR count). The van der Waals surface area contributed by atoms with Gasteiger partial charge in [0.1, 0.15) is 11.9 Å². The first-order valence-electron chi connectivity index (χ1n) is 6.06. The van der Waals surface area contributed by atoms with Crippen molar-refractivity contribution >= 4 is 23.4 Å². The van der Waals surface area contributed by atoms with E-state index in [0.29, 0.717) is 16.4 Å². The van der Waals surface area contributed by atoms with Crippen LogP contribution in [0.15, 0.2) is 29.4 Å². The number of amides is 1. The van der Waals surface area contributed by atoms with Crippen molar-refractivity contribution in [2.75, 3.05) is 11.1 Å². The minimum absolute atomic E-state index is 0.194. The normalized spacial score (nSPS) is 10.0. The number of nitriles is 1. The number of H-pyrrole nitrogens is 1. The summed E-state index contributed by atoms with van der Waals surface area (Å²) in [6.07, 6.45) is 0.773. The van der Waals surface area contributed by atoms with Crippen LogP contribution in [0.2, 0.25) is 0 Å². The van der Waals surface area contributed by atoms with Crippen LogP contribution in [-0.2, 0) is 11.2 Å². The molecule has 0 atom stereocenters. The van der Waals surface area contributed by atoms with E-state index in [1.54, 1.807) is 24.3 Å². The zero-order chi connectivity index (χ0) is 14.4. The molecular formula is C13H13N5OS. The molecule has 0 bridgehead atoms. The van der Waals surface area contributed by atoms with Gasteiger partial charge in [0.15, 0.2) is 0 Å². The van der Waals surface area contributed by atoms with Gasteiger partial charge in [0.05, 0.1) is 17.0 Å². The second-order valence-electron chi connectivity index (χ2n) is 3.91. The Morgan fingerprint density at radius 2 is 2.30 bits per heavy atom. The number of thioether (sulfide) groups is 1. The summed E-state index contributed by atoms with van der Waals surface area (Å²) in [4.78, 5) is 16.0. The Hall–Kier alpha value is -2.33. The fraction of sp³-hybridized carbons (Fsp3) is 0.231. The van der Waals surface area contributed by atoms with E-state index < -0.39 is 0 Å². The molecule has 0 saturated carbocycles. The van der Waals surface area contributed by atoms with E-state index >= 15 is 0 Å². The Bertz CT molecular complexity index is 646. The highest BCUT2D eigenvalue weighted by Crippen LogP contribution is 2.16. The van der Waals surface area contributed by atoms with Crippen molar-refractivity contribution in [1.29, 1.82) is 5.26 Å². The third-order valence-electron chi connectivity index (χ3n) is 2.50. The lowest BCUT2D eigenvalue weighted by molar-refractivity contribution is -0.113. The average molecular weight is 287 g/mol. The molecule has 1 heterocycles. The quantitative estimate of drug-likeness (QED) is 0.820. The number of carbonyl (C=O) groups excluding carboxylic acids is 1. The van der Waals surface area contributed by atoms with Gasteiger partial charge in [-0.05, 0) is 12.1 Å². The Kier molecular flexibility index (Phi) is 4.74. The molecule has 2 aromatic rings. The lowest BCUT2D eigenvalue weighted by Gasteiger charge is -2.05. The fourth-order valence-electron chi connectivity index (χ4n) is 1.51. The van der Waals surface area contributed by atoms with E-state index in [1.165, 1.54) is 11.8 Å². The number of hydrogen-bond donors (Lipinski definition) is 2. The standard InChI is InChI=1S/C13H13N5OS/c1-2-11-16-13(18-17-11)20-8-12(19)15-10-6-4-3-5-9(10)7-14/h3-6H,2,8H2,1H3,(H,15,19)(H,16,17,18). The number of nitrogens with zero attached hydrogens (tertiary/aromatic N) is 3. The van der Waals surface area contributed by atoms with Crippen molar-refractivity contribution < 1.29 is 4.79 Å². The molecule has 0 unspecified atom stereocenters. The molecule has 0 radical (unpaired) electrons. The van der Waals surface area contributed by atoms with Crippen molar-refractivity contribution in [3.8, 4) is 6.07 Å². The number of hydrogen-bond acceptors (Lipinski definition) is 5. The summed E-state index contributed by atoms with van der Waals surface area (Å²) in [5.41, 5.74) is 0.960. The van der Waals surface area contributed by atoms with Crippen LogP contribution in [0.25, 0.3) is 0 Å². The van der Waals surface area contributed by atoms with Gasteiger partial charge in [0.25, 0.3) is 0 Å². The molecule has 0 fully saturated rings. The van der Waals surface area contributed by atoms with Gasteiger partial charge in [0, 0.05) is 6.42 Å². The highest BCUT2D eigenvalue weighted by molar-refractivity contribution is 7.99. The second kappa shape index (κ2) is 6.73. The molecule has 7 heteroatoms. The van der Waals surface area contributed by atoms with Crippen LogP contribution in [-0.4, -0.2) is 26.8 Å². The number of rotatable bonds is 5. The fourth-order valence-corrected chi connectivity index (χ4v) is 2.12. The number of para-hydroxylation sites is 1. The van der Waals surface area contributed by atoms with Crippen molar-refractivity contribution in [3.63, 3.8) is 0 Å². The lowest BCUT2D eigenvalue weighted by Crippen LogP contribution is -2.15. The predicted molar refractivity (Wildman–Crippen MR) is 76.3 cm³/mol. The molecular weight excluding hydrogens is 274 g/mol. The van der Waals surface area contributed by atoms with Gasteiger partial charge in [-0.2, -0.15) is 5.26 Å². The van der Waals surface area contributed by atoms with Gasteiger partial charge in [-0.25, -0.2) is 4.98 Å². The molecule has 0 saturated heterocycles. The number of aromatic nitrogens is 3. The number of benzene rings is 1. The molecule has 102 valence electrons. The van der Waals surface area contributed by atoms with Crippen LogP contribution in [0.5, 0.6) is 0 Å². The Balaban J connectivity index is 1.91. The molecule has 1 amide bonds. The summed E-state index contributed by atoms with van der Waals surface area (Å²) in [5.74, 6) is 0.795. The van der Waals surface area contributed by atoms with Crippen LogP contribution < -0.4 is 5.32 Å². The summed E-state index contributed by atoms with van der Waals surface area (Å²) < 4.78 is 0. The van der Waals surface area contributed by atoms with Crippen LogP contribution in [0, 0.1) is 11.3 Å². The van der Waals surface area contributed by atoms with Crippen LogP contribution in [0.4, 0.5) is 5.69 Å². The predicted octanol–water partition coefficient (Wildman–Crippen LogP) is 1.97. The monoisotopic (exact) mass is 287 g/mol. The summed E-state index contributed by atoms with van der Waals surface area (Å²) in [5, 5.41) is 19.0. The van der Waals surface area contributed by atoms with Crippen molar-refractivity contribution in [3.05, 3.63) is 35.7 Å². The van der Waals surface area contributed by atoms with Crippen LogP contribution in [0.1, 0.15) is 18.3 Å². The maximum Gasteiger partial charge on any atom is 0.234 e. The summed E-state index contributed by atoms with van der Waals surface area (Å²) >= 11 is 1.25. The van der Waals surface area contributed by atoms with E-state index in [1.807, 2.05) is 13.0 Å². The Morgan fingerprint density at radius 3 is 3.00 bits per heavy atom. The molecule has 0 spiro atoms. The summed E-state index contributed by atoms with van der Waals surface area (Å²) in [6.45, 7) is 1.97. The zero-order valence-corrected chi connectivity index (χ0v) is 11.7. The van der Waals surface area contributed by atoms with E-state index in [2.05, 4.69) is 20.5 Å². The van der Waals surface area contributed by atoms with Crippen LogP contribution in [0.3, 0.4) is 0 Å². The smallest absolute Gasteiger partial charge is 0.234 e. The minimum atomic E-state index is -0.194. The third kappa shape index (κ3) is 3.59. The molecule has 0 aliphatic carbocycles. The van der Waals surface area contributed by atoms with Gasteiger partial charge in [-0.1, -0.05) is 30.8 Å². The lowest BCUT2D eigenvalue weighted by atomic mass is 10.2. The SMILES string of the molecule is CCc1nc(SCC(=O)Nc2ccccc2C#N)n[nH]1. The van der Waals surface area contributed by atoms with Gasteiger partial charge >= 0.3 is 0 Å². The van der Waals surface area contributed by atoms with Crippen molar-refractivity contribution in [1.82, 2.24) is 15.2 Å². The largest absolute Gasteiger partial charge is 0.324 e. The van der Waals surface area contributed by atoms with E-state index in [0.717, 1.165) is 12.2 Å². The number of nitrogens with one attached hydrogen (secondary N) is 2. The summed E-state index contributed by atoms with van der Waals surface area (Å²) in [7, 11) is 0. The first-order valence-corrected chi connectivity index (χ1v) is 7.04. The maximum atomic E-state index is 11.8. The van der Waals surface area contributed by atoms with Crippen LogP contribution >= 0.6 is 11.8 Å². The van der Waals surface area contributed by atoms with Gasteiger partial charge < -0.3 is 5.32 Å². The minimum Gasteiger partial charge on any atom is -0.324 e. The first-order chi connectivity index (χ1) is 9.72. The van der Waals surface area contributed by atoms with Crippen molar-refractivity contribution in [2.45, 2.75) is 18.5 Å². The second-order valence-corrected chi connectivity index (χ2v) is 4.85. The highest BCUT2D eigenvalue weighted by Gasteiger charge is 2.09. The molecule has 0 aliphatic heterocycles. The number of anilines is 1. The number of carbonyl (C=O) groups is 1. The summed E-state index contributed by atoms with van der Waals surface area (Å²) in [6, 6.07) is 8.91. The van der Waals surface area contributed by atoms with Gasteiger partial charge in [-0.15, -0.1) is 5.10 Å². The average Bonchev–Trinajstić information content (AvgIpc) is 2.94. The van der Waals surface area contributed by atoms with E-state index in [-0.39, 0.29) is 11.7 Å². The van der Waals surface area contributed by atoms with Gasteiger partial charge in [-0.3, -0.25) is 9.89 Å². The maximum absolute atomic E-state index is 11.8. The number of aryl methyl sites for hydroxylation is 1. The van der Waals surface area contributed by atoms with E-state index in [9.17, 15) is 4.79 Å². The number of aromatic amines is 1. The molecule has 6 nitrogen and oxygen atoms in total. The highest BCUT2D eigenvalue weighted by atomic mass is 32.2. The van der Waals surface area contributed by atoms with Crippen molar-refractivity contribution in [2.24, 2.45) is 0 Å².